The molecule has 0 amide bonds. The van der Waals surface area contributed by atoms with Crippen molar-refractivity contribution in [2.45, 2.75) is 0 Å². The minimum Gasteiger partial charge on any atom is -0.340 e. The fraction of sp³-hybridized carbons (Fsp3) is 0. The molecule has 0 saturated heterocycles. The number of hydrogen-bond acceptors (Lipinski definition) is 4. The predicted octanol–water partition coefficient (Wildman–Crippen LogP) is 5.75. The highest BCUT2D eigenvalue weighted by molar-refractivity contribution is 9.05. The largest absolute Gasteiger partial charge is 0.340 e. The monoisotopic (exact) mass is 398 g/mol. The molecule has 4 nitrogen and oxygen atoms in total. The second kappa shape index (κ2) is 8.48. The van der Waals surface area contributed by atoms with E-state index in [-0.39, 0.29) is 0 Å². The van der Waals surface area contributed by atoms with Crippen LogP contribution in [0.4, 0.5) is 0 Å². The maximum absolute atomic E-state index is 8.75. The predicted molar refractivity (Wildman–Crippen MR) is 100 cm³/mol. The molecule has 0 radical (unpaired) electrons. The molecule has 0 fully saturated rings. The van der Waals surface area contributed by atoms with Crippen molar-refractivity contribution in [1.29, 1.82) is 0 Å². The average Bonchev–Trinajstić information content (AvgIpc) is 2.68. The van der Waals surface area contributed by atoms with Gasteiger partial charge in [-0.15, -0.1) is 3.98 Å². The molecular weight excluding hydrogens is 384 g/mol. The summed E-state index contributed by atoms with van der Waals surface area (Å²) < 4.78 is 4.47. The van der Waals surface area contributed by atoms with Gasteiger partial charge in [0.05, 0.1) is 0 Å². The van der Waals surface area contributed by atoms with Crippen LogP contribution in [0, 0.1) is 0 Å². The van der Waals surface area contributed by atoms with E-state index in [9.17, 15) is 0 Å². The van der Waals surface area contributed by atoms with Gasteiger partial charge in [0.15, 0.2) is 27.8 Å². The van der Waals surface area contributed by atoms with E-state index in [0.29, 0.717) is 11.5 Å². The summed E-state index contributed by atoms with van der Waals surface area (Å²) in [7, 11) is 0. The summed E-state index contributed by atoms with van der Waals surface area (Å²) in [5.41, 5.74) is 4.17. The lowest BCUT2D eigenvalue weighted by Gasteiger charge is -2.10. The Morgan fingerprint density at radius 3 is 1.96 bits per heavy atom. The third kappa shape index (κ3) is 4.48. The van der Waals surface area contributed by atoms with Gasteiger partial charge in [-0.2, -0.15) is 0 Å². The highest BCUT2D eigenvalue weighted by atomic mass is 79.9. The molecule has 0 bridgehead atoms. The highest BCUT2D eigenvalue weighted by Gasteiger charge is 2.06. The first-order chi connectivity index (χ1) is 12.3. The van der Waals surface area contributed by atoms with Gasteiger partial charge < -0.3 is 9.78 Å². The van der Waals surface area contributed by atoms with E-state index in [2.05, 4.69) is 43.3 Å². The molecule has 0 unspecified atom stereocenters. The van der Waals surface area contributed by atoms with Gasteiger partial charge in [-0.1, -0.05) is 54.6 Å². The van der Waals surface area contributed by atoms with Crippen molar-refractivity contribution in [1.82, 2.24) is 0 Å². The first-order valence-electron chi connectivity index (χ1n) is 7.54. The maximum atomic E-state index is 8.75. The van der Waals surface area contributed by atoms with Gasteiger partial charge in [0, 0.05) is 0 Å². The van der Waals surface area contributed by atoms with Crippen LogP contribution < -0.4 is 9.78 Å². The van der Waals surface area contributed by atoms with Crippen molar-refractivity contribution in [3.05, 3.63) is 95.6 Å². The van der Waals surface area contributed by atoms with Crippen LogP contribution in [0.1, 0.15) is 16.7 Å². The molecule has 3 rings (SSSR count). The first-order valence-corrected chi connectivity index (χ1v) is 8.19. The lowest BCUT2D eigenvalue weighted by atomic mass is 9.95. The van der Waals surface area contributed by atoms with E-state index < -0.39 is 0 Å². The van der Waals surface area contributed by atoms with Crippen molar-refractivity contribution in [2.24, 2.45) is 0 Å². The van der Waals surface area contributed by atoms with Crippen LogP contribution in [-0.4, -0.2) is 5.26 Å². The summed E-state index contributed by atoms with van der Waals surface area (Å²) >= 11 is 2.76. The Hall–Kier alpha value is -2.60. The quantitative estimate of drug-likeness (QED) is 0.326. The van der Waals surface area contributed by atoms with Crippen LogP contribution in [0.2, 0.25) is 0 Å². The third-order valence-corrected chi connectivity index (χ3v) is 3.81. The van der Waals surface area contributed by atoms with Crippen molar-refractivity contribution in [3.63, 3.8) is 0 Å². The van der Waals surface area contributed by atoms with Gasteiger partial charge in [-0.25, -0.2) is 5.26 Å². The van der Waals surface area contributed by atoms with Gasteiger partial charge >= 0.3 is 0 Å². The minimum absolute atomic E-state index is 0.396. The molecule has 3 aromatic rings. The molecule has 3 aromatic carbocycles. The van der Waals surface area contributed by atoms with Crippen LogP contribution in [0.5, 0.6) is 11.5 Å². The fourth-order valence-electron chi connectivity index (χ4n) is 2.47. The second-order valence-electron chi connectivity index (χ2n) is 5.26. The van der Waals surface area contributed by atoms with Crippen molar-refractivity contribution in [2.75, 3.05) is 0 Å². The van der Waals surface area contributed by atoms with Gasteiger partial charge in [-0.05, 0) is 52.6 Å². The minimum atomic E-state index is 0.396. The molecule has 0 atom stereocenters. The molecular formula is C20H15BrO4. The van der Waals surface area contributed by atoms with Crippen LogP contribution in [0.15, 0.2) is 78.9 Å². The summed E-state index contributed by atoms with van der Waals surface area (Å²) in [6, 6.07) is 24.8. The van der Waals surface area contributed by atoms with Gasteiger partial charge in [0.2, 0.25) is 0 Å². The molecule has 0 spiro atoms. The van der Waals surface area contributed by atoms with Crippen LogP contribution in [0.25, 0.3) is 11.6 Å². The molecule has 0 aliphatic heterocycles. The van der Waals surface area contributed by atoms with Crippen molar-refractivity contribution in [3.8, 4) is 11.5 Å². The molecule has 25 heavy (non-hydrogen) atoms. The number of benzene rings is 3. The molecule has 0 aliphatic carbocycles. The van der Waals surface area contributed by atoms with Crippen molar-refractivity contribution >= 4 is 27.9 Å². The lowest BCUT2D eigenvalue weighted by molar-refractivity contribution is -0.137. The highest BCUT2D eigenvalue weighted by Crippen LogP contribution is 2.28. The Morgan fingerprint density at radius 2 is 1.36 bits per heavy atom. The van der Waals surface area contributed by atoms with Gasteiger partial charge in [0.25, 0.3) is 0 Å². The Balaban J connectivity index is 2.01. The van der Waals surface area contributed by atoms with E-state index in [1.807, 2.05) is 54.6 Å². The van der Waals surface area contributed by atoms with Crippen molar-refractivity contribution < 1.29 is 19.0 Å². The lowest BCUT2D eigenvalue weighted by Crippen LogP contribution is -1.90. The van der Waals surface area contributed by atoms with Crippen LogP contribution >= 0.6 is 16.3 Å². The third-order valence-electron chi connectivity index (χ3n) is 3.67. The van der Waals surface area contributed by atoms with E-state index >= 15 is 0 Å². The Kier molecular flexibility index (Phi) is 5.85. The Labute approximate surface area is 154 Å². The Morgan fingerprint density at radius 1 is 0.760 bits per heavy atom. The fourth-order valence-corrected chi connectivity index (χ4v) is 2.62. The second-order valence-corrected chi connectivity index (χ2v) is 5.52. The molecule has 5 heteroatoms. The Bertz CT molecular complexity index is 828. The summed E-state index contributed by atoms with van der Waals surface area (Å²) in [5, 5.41) is 8.75. The zero-order chi connectivity index (χ0) is 17.5. The molecule has 0 heterocycles. The average molecular weight is 399 g/mol. The van der Waals surface area contributed by atoms with E-state index in [1.165, 1.54) is 0 Å². The number of rotatable bonds is 6. The smallest absolute Gasteiger partial charge is 0.166 e. The zero-order valence-electron chi connectivity index (χ0n) is 13.1. The van der Waals surface area contributed by atoms with Gasteiger partial charge in [-0.3, -0.25) is 0 Å². The standard InChI is InChI=1S/C20H15BrO4/c21-25-24-19-10-6-15(7-11-19)14-20(16-4-2-1-3-5-16)17-8-12-18(23-22)13-9-17/h1-14,22H/b20-14+. The molecule has 0 aromatic heterocycles. The summed E-state index contributed by atoms with van der Waals surface area (Å²) in [5.74, 6) is 0.993. The van der Waals surface area contributed by atoms with E-state index in [4.69, 9.17) is 10.1 Å². The zero-order valence-corrected chi connectivity index (χ0v) is 14.7. The summed E-state index contributed by atoms with van der Waals surface area (Å²) in [6.45, 7) is 0. The summed E-state index contributed by atoms with van der Waals surface area (Å²) in [6.07, 6.45) is 2.09. The van der Waals surface area contributed by atoms with E-state index in [0.717, 1.165) is 22.3 Å². The molecule has 126 valence electrons. The van der Waals surface area contributed by atoms with Crippen LogP contribution in [-0.2, 0) is 3.98 Å². The normalized spacial score (nSPS) is 11.2. The SMILES string of the molecule is OOc1ccc(/C(=C/c2ccc(OOBr)cc2)c2ccccc2)cc1. The summed E-state index contributed by atoms with van der Waals surface area (Å²) in [4.78, 5) is 9.18. The van der Waals surface area contributed by atoms with E-state index in [1.54, 1.807) is 12.1 Å². The topological polar surface area (TPSA) is 47.9 Å². The molecule has 0 aliphatic rings. The van der Waals surface area contributed by atoms with Gasteiger partial charge in [0.1, 0.15) is 0 Å². The number of halogens is 1. The maximum Gasteiger partial charge on any atom is 0.166 e. The molecule has 1 N–H and O–H groups in total. The first kappa shape index (κ1) is 17.2. The molecule has 0 saturated carbocycles. The number of hydrogen-bond donors (Lipinski definition) is 1. The van der Waals surface area contributed by atoms with Crippen LogP contribution in [0.3, 0.4) is 0 Å².